The molecule has 3 rings (SSSR count). The highest BCUT2D eigenvalue weighted by Gasteiger charge is 2.11. The van der Waals surface area contributed by atoms with Crippen LogP contribution in [0.2, 0.25) is 0 Å². The summed E-state index contributed by atoms with van der Waals surface area (Å²) >= 11 is 5.30. The third-order valence-corrected chi connectivity index (χ3v) is 6.03. The number of rotatable bonds is 11. The van der Waals surface area contributed by atoms with E-state index in [-0.39, 0.29) is 0 Å². The molecule has 0 fully saturated rings. The van der Waals surface area contributed by atoms with Gasteiger partial charge in [-0.1, -0.05) is 58.0 Å². The second kappa shape index (κ2) is 11.2. The van der Waals surface area contributed by atoms with E-state index in [1.54, 1.807) is 23.6 Å². The largest absolute Gasteiger partial charge is 0.493 e. The highest BCUT2D eigenvalue weighted by atomic mass is 79.9. The maximum atomic E-state index is 5.96. The lowest BCUT2D eigenvalue weighted by Gasteiger charge is -2.14. The Bertz CT molecular complexity index is 907. The van der Waals surface area contributed by atoms with E-state index in [9.17, 15) is 0 Å². The minimum atomic E-state index is 0.500. The van der Waals surface area contributed by atoms with Gasteiger partial charge in [-0.2, -0.15) is 0 Å². The van der Waals surface area contributed by atoms with Gasteiger partial charge < -0.3 is 14.8 Å². The monoisotopic (exact) mass is 477 g/mol. The number of nitrogens with zero attached hydrogens (tertiary/aromatic N) is 4. The summed E-state index contributed by atoms with van der Waals surface area (Å²) in [7, 11) is 3.51. The first-order valence-electron chi connectivity index (χ1n) is 9.26. The topological polar surface area (TPSA) is 74.1 Å². The Morgan fingerprint density at radius 2 is 2.00 bits per heavy atom. The van der Waals surface area contributed by atoms with Crippen molar-refractivity contribution in [3.63, 3.8) is 0 Å². The molecular formula is C20H24BrN5O2S. The van der Waals surface area contributed by atoms with Crippen LogP contribution in [0.5, 0.6) is 11.5 Å². The van der Waals surface area contributed by atoms with Crippen LogP contribution in [0.25, 0.3) is 0 Å². The number of benzene rings is 2. The first-order valence-corrected chi connectivity index (χ1v) is 11.0. The number of nitrogens with one attached hydrogen (secondary N) is 1. The molecule has 0 saturated heterocycles. The number of aryl methyl sites for hydroxylation is 1. The maximum absolute atomic E-state index is 5.96. The quantitative estimate of drug-likeness (QED) is 0.332. The number of halogens is 1. The summed E-state index contributed by atoms with van der Waals surface area (Å²) in [4.78, 5) is 0. The summed E-state index contributed by atoms with van der Waals surface area (Å²) in [5.41, 5.74) is 2.24. The molecule has 1 heterocycles. The van der Waals surface area contributed by atoms with Gasteiger partial charge >= 0.3 is 0 Å². The molecule has 9 heteroatoms. The van der Waals surface area contributed by atoms with Gasteiger partial charge in [0.2, 0.25) is 5.16 Å². The number of methoxy groups -OCH3 is 1. The van der Waals surface area contributed by atoms with Gasteiger partial charge in [0.1, 0.15) is 6.61 Å². The fourth-order valence-electron chi connectivity index (χ4n) is 2.65. The van der Waals surface area contributed by atoms with Crippen molar-refractivity contribution in [3.05, 3.63) is 58.1 Å². The molecule has 0 spiro atoms. The number of thioether (sulfide) groups is 1. The fourth-order valence-corrected chi connectivity index (χ4v) is 3.90. The van der Waals surface area contributed by atoms with E-state index in [0.29, 0.717) is 6.61 Å². The van der Waals surface area contributed by atoms with Gasteiger partial charge in [-0.05, 0) is 46.7 Å². The molecule has 154 valence electrons. The predicted molar refractivity (Wildman–Crippen MR) is 117 cm³/mol. The Balaban J connectivity index is 1.47. The molecule has 0 saturated carbocycles. The van der Waals surface area contributed by atoms with Crippen LogP contribution in [0, 0.1) is 0 Å². The van der Waals surface area contributed by atoms with Crippen molar-refractivity contribution in [2.75, 3.05) is 19.4 Å². The van der Waals surface area contributed by atoms with Gasteiger partial charge in [0, 0.05) is 23.8 Å². The molecular weight excluding hydrogens is 454 g/mol. The molecule has 0 aliphatic carbocycles. The molecule has 0 unspecified atom stereocenters. The highest BCUT2D eigenvalue weighted by Crippen LogP contribution is 2.34. The first kappa shape index (κ1) is 21.6. The first-order chi connectivity index (χ1) is 14.2. The molecule has 7 nitrogen and oxygen atoms in total. The molecule has 0 radical (unpaired) electrons. The van der Waals surface area contributed by atoms with E-state index >= 15 is 0 Å². The molecule has 0 bridgehead atoms. The molecule has 1 N–H and O–H groups in total. The lowest BCUT2D eigenvalue weighted by atomic mass is 10.2. The van der Waals surface area contributed by atoms with Crippen LogP contribution in [0.4, 0.5) is 0 Å². The third kappa shape index (κ3) is 6.45. The highest BCUT2D eigenvalue weighted by molar-refractivity contribution is 9.10. The lowest BCUT2D eigenvalue weighted by molar-refractivity contribution is 0.284. The molecule has 0 aliphatic rings. The third-order valence-electron chi connectivity index (χ3n) is 4.20. The summed E-state index contributed by atoms with van der Waals surface area (Å²) in [5.74, 6) is 2.41. The van der Waals surface area contributed by atoms with Gasteiger partial charge in [-0.25, -0.2) is 4.68 Å². The summed E-state index contributed by atoms with van der Waals surface area (Å²) in [6.07, 6.45) is 1.02. The van der Waals surface area contributed by atoms with E-state index in [1.807, 2.05) is 49.5 Å². The minimum Gasteiger partial charge on any atom is -0.493 e. The van der Waals surface area contributed by atoms with E-state index in [4.69, 9.17) is 9.47 Å². The number of aromatic nitrogens is 4. The van der Waals surface area contributed by atoms with Crippen LogP contribution in [0.15, 0.2) is 52.1 Å². The minimum absolute atomic E-state index is 0.500. The summed E-state index contributed by atoms with van der Waals surface area (Å²) in [6, 6.07) is 14.1. The lowest BCUT2D eigenvalue weighted by Crippen LogP contribution is -2.16. The second-order valence-electron chi connectivity index (χ2n) is 6.33. The SMILES string of the molecule is COc1cc(CNCCCSc2nnnn2C)c(Br)cc1OCc1ccccc1. The van der Waals surface area contributed by atoms with Gasteiger partial charge in [-0.15, -0.1) is 5.10 Å². The molecule has 0 amide bonds. The second-order valence-corrected chi connectivity index (χ2v) is 8.25. The summed E-state index contributed by atoms with van der Waals surface area (Å²) < 4.78 is 14.2. The van der Waals surface area contributed by atoms with Crippen molar-refractivity contribution in [1.29, 1.82) is 0 Å². The van der Waals surface area contributed by atoms with E-state index in [0.717, 1.165) is 57.5 Å². The van der Waals surface area contributed by atoms with E-state index in [1.165, 1.54) is 0 Å². The zero-order chi connectivity index (χ0) is 20.5. The average Bonchev–Trinajstić information content (AvgIpc) is 3.15. The van der Waals surface area contributed by atoms with Crippen molar-refractivity contribution in [2.45, 2.75) is 24.7 Å². The van der Waals surface area contributed by atoms with Crippen LogP contribution in [-0.4, -0.2) is 39.6 Å². The predicted octanol–water partition coefficient (Wildman–Crippen LogP) is 3.83. The van der Waals surface area contributed by atoms with Crippen molar-refractivity contribution in [1.82, 2.24) is 25.5 Å². The van der Waals surface area contributed by atoms with Crippen LogP contribution < -0.4 is 14.8 Å². The van der Waals surface area contributed by atoms with E-state index in [2.05, 4.69) is 36.8 Å². The summed E-state index contributed by atoms with van der Waals surface area (Å²) in [5, 5.41) is 15.7. The van der Waals surface area contributed by atoms with Crippen molar-refractivity contribution < 1.29 is 9.47 Å². The Kier molecular flexibility index (Phi) is 8.33. The Morgan fingerprint density at radius 1 is 1.17 bits per heavy atom. The number of hydrogen-bond acceptors (Lipinski definition) is 7. The Labute approximate surface area is 183 Å². The zero-order valence-corrected chi connectivity index (χ0v) is 18.9. The van der Waals surface area contributed by atoms with Crippen LogP contribution in [0.1, 0.15) is 17.5 Å². The smallest absolute Gasteiger partial charge is 0.209 e. The van der Waals surface area contributed by atoms with Crippen molar-refractivity contribution in [2.24, 2.45) is 7.05 Å². The molecule has 3 aromatic rings. The number of hydrogen-bond donors (Lipinski definition) is 1. The molecule has 0 atom stereocenters. The molecule has 29 heavy (non-hydrogen) atoms. The van der Waals surface area contributed by atoms with Crippen molar-refractivity contribution in [3.8, 4) is 11.5 Å². The fraction of sp³-hybridized carbons (Fsp3) is 0.350. The molecule has 1 aromatic heterocycles. The zero-order valence-electron chi connectivity index (χ0n) is 16.5. The Morgan fingerprint density at radius 3 is 2.72 bits per heavy atom. The van der Waals surface area contributed by atoms with Crippen LogP contribution in [0.3, 0.4) is 0 Å². The van der Waals surface area contributed by atoms with Crippen LogP contribution >= 0.6 is 27.7 Å². The normalized spacial score (nSPS) is 10.9. The maximum Gasteiger partial charge on any atom is 0.209 e. The standard InChI is InChI=1S/C20H24BrN5O2S/c1-26-20(23-24-25-26)29-10-6-9-22-13-16-11-18(27-2)19(12-17(16)21)28-14-15-7-4-3-5-8-15/h3-5,7-8,11-12,22H,6,9-10,13-14H2,1-2H3. The molecule has 0 aliphatic heterocycles. The van der Waals surface area contributed by atoms with Crippen LogP contribution in [-0.2, 0) is 20.2 Å². The van der Waals surface area contributed by atoms with Gasteiger partial charge in [0.05, 0.1) is 7.11 Å². The van der Waals surface area contributed by atoms with Gasteiger partial charge in [-0.3, -0.25) is 0 Å². The average molecular weight is 478 g/mol. The number of ether oxygens (including phenoxy) is 2. The summed E-state index contributed by atoms with van der Waals surface area (Å²) in [6.45, 7) is 2.14. The molecule has 2 aromatic carbocycles. The number of tetrazole rings is 1. The van der Waals surface area contributed by atoms with Gasteiger partial charge in [0.15, 0.2) is 11.5 Å². The Hall–Kier alpha value is -2.10. The van der Waals surface area contributed by atoms with Gasteiger partial charge in [0.25, 0.3) is 0 Å². The van der Waals surface area contributed by atoms with E-state index < -0.39 is 0 Å². The van der Waals surface area contributed by atoms with Crippen molar-refractivity contribution >= 4 is 27.7 Å².